The summed E-state index contributed by atoms with van der Waals surface area (Å²) in [4.78, 5) is 11.4. The minimum Gasteiger partial charge on any atom is -0.469 e. The van der Waals surface area contributed by atoms with Crippen LogP contribution >= 0.6 is 0 Å². The van der Waals surface area contributed by atoms with Crippen molar-refractivity contribution >= 4 is 5.97 Å². The van der Waals surface area contributed by atoms with Crippen LogP contribution in [0.15, 0.2) is 0 Å². The minimum atomic E-state index is -0.0260. The second-order valence-electron chi connectivity index (χ2n) is 4.09. The predicted molar refractivity (Wildman–Crippen MR) is 49.3 cm³/mol. The Labute approximate surface area is 78.8 Å². The molecule has 1 saturated carbocycles. The number of hydrogen-bond acceptors (Lipinski definition) is 3. The van der Waals surface area contributed by atoms with Gasteiger partial charge in [0, 0.05) is 12.6 Å². The van der Waals surface area contributed by atoms with Crippen molar-refractivity contribution in [3.8, 4) is 0 Å². The second kappa shape index (κ2) is 3.66. The van der Waals surface area contributed by atoms with E-state index in [4.69, 9.17) is 4.74 Å². The molecule has 2 aliphatic rings. The third-order valence-corrected chi connectivity index (χ3v) is 3.44. The summed E-state index contributed by atoms with van der Waals surface area (Å²) in [5.74, 6) is 0.637. The molecule has 0 radical (unpaired) electrons. The molecule has 0 aromatic carbocycles. The molecule has 1 aliphatic carbocycles. The van der Waals surface area contributed by atoms with Crippen molar-refractivity contribution in [1.29, 1.82) is 0 Å². The molecule has 74 valence electrons. The quantitative estimate of drug-likeness (QED) is 0.615. The first kappa shape index (κ1) is 9.00. The molecule has 1 aliphatic heterocycles. The van der Waals surface area contributed by atoms with E-state index in [0.29, 0.717) is 12.0 Å². The molecule has 0 aromatic rings. The van der Waals surface area contributed by atoms with Crippen LogP contribution in [0.3, 0.4) is 0 Å². The monoisotopic (exact) mass is 183 g/mol. The van der Waals surface area contributed by atoms with Crippen LogP contribution in [0.5, 0.6) is 0 Å². The predicted octanol–water partition coefficient (Wildman–Crippen LogP) is 0.938. The molecular formula is C10H17NO2. The molecule has 2 rings (SSSR count). The Bertz CT molecular complexity index is 205. The van der Waals surface area contributed by atoms with E-state index in [-0.39, 0.29) is 11.9 Å². The van der Waals surface area contributed by atoms with Gasteiger partial charge in [0.1, 0.15) is 0 Å². The van der Waals surface area contributed by atoms with E-state index in [1.54, 1.807) is 0 Å². The molecule has 0 unspecified atom stereocenters. The number of fused-ring (bicyclic) bond motifs is 1. The molecule has 3 atom stereocenters. The SMILES string of the molecule is COC(=O)[C@@H]1CN[C@@H]2CCCC[C@H]21. The van der Waals surface area contributed by atoms with Gasteiger partial charge >= 0.3 is 5.97 Å². The van der Waals surface area contributed by atoms with Crippen molar-refractivity contribution in [1.82, 2.24) is 5.32 Å². The third-order valence-electron chi connectivity index (χ3n) is 3.44. The van der Waals surface area contributed by atoms with Gasteiger partial charge in [-0.15, -0.1) is 0 Å². The maximum Gasteiger partial charge on any atom is 0.310 e. The molecule has 0 spiro atoms. The van der Waals surface area contributed by atoms with Crippen molar-refractivity contribution in [2.24, 2.45) is 11.8 Å². The highest BCUT2D eigenvalue weighted by molar-refractivity contribution is 5.73. The fraction of sp³-hybridized carbons (Fsp3) is 0.900. The lowest BCUT2D eigenvalue weighted by molar-refractivity contribution is -0.146. The molecule has 13 heavy (non-hydrogen) atoms. The van der Waals surface area contributed by atoms with Gasteiger partial charge in [-0.2, -0.15) is 0 Å². The molecule has 0 amide bonds. The summed E-state index contributed by atoms with van der Waals surface area (Å²) in [7, 11) is 1.48. The van der Waals surface area contributed by atoms with Crippen LogP contribution in [0.4, 0.5) is 0 Å². The normalized spacial score (nSPS) is 38.4. The summed E-state index contributed by atoms with van der Waals surface area (Å²) >= 11 is 0. The Balaban J connectivity index is 2.02. The van der Waals surface area contributed by atoms with Crippen LogP contribution in [0.2, 0.25) is 0 Å². The summed E-state index contributed by atoms with van der Waals surface area (Å²) in [6.45, 7) is 0.821. The van der Waals surface area contributed by atoms with Crippen molar-refractivity contribution in [3.63, 3.8) is 0 Å². The lowest BCUT2D eigenvalue weighted by Gasteiger charge is -2.27. The smallest absolute Gasteiger partial charge is 0.310 e. The Morgan fingerprint density at radius 3 is 2.92 bits per heavy atom. The van der Waals surface area contributed by atoms with E-state index in [2.05, 4.69) is 5.32 Å². The fourth-order valence-corrected chi connectivity index (χ4v) is 2.73. The first-order valence-corrected chi connectivity index (χ1v) is 5.14. The van der Waals surface area contributed by atoms with Crippen LogP contribution in [0.25, 0.3) is 0 Å². The van der Waals surface area contributed by atoms with Crippen LogP contribution < -0.4 is 5.32 Å². The third kappa shape index (κ3) is 1.57. The Morgan fingerprint density at radius 2 is 2.15 bits per heavy atom. The summed E-state index contributed by atoms with van der Waals surface area (Å²) in [6, 6.07) is 0.581. The second-order valence-corrected chi connectivity index (χ2v) is 4.09. The number of rotatable bonds is 1. The lowest BCUT2D eigenvalue weighted by Crippen LogP contribution is -2.31. The fourth-order valence-electron chi connectivity index (χ4n) is 2.73. The van der Waals surface area contributed by atoms with E-state index in [1.165, 1.54) is 32.8 Å². The summed E-state index contributed by atoms with van der Waals surface area (Å²) in [6.07, 6.45) is 5.01. The topological polar surface area (TPSA) is 38.3 Å². The van der Waals surface area contributed by atoms with Gasteiger partial charge in [0.05, 0.1) is 13.0 Å². The number of carbonyl (C=O) groups is 1. The Morgan fingerprint density at radius 1 is 1.38 bits per heavy atom. The van der Waals surface area contributed by atoms with Crippen molar-refractivity contribution in [3.05, 3.63) is 0 Å². The molecule has 0 aromatic heterocycles. The van der Waals surface area contributed by atoms with Gasteiger partial charge in [-0.05, 0) is 18.8 Å². The molecule has 1 heterocycles. The van der Waals surface area contributed by atoms with E-state index < -0.39 is 0 Å². The molecule has 3 heteroatoms. The van der Waals surface area contributed by atoms with Crippen molar-refractivity contribution < 1.29 is 9.53 Å². The minimum absolute atomic E-state index is 0.0260. The molecule has 2 fully saturated rings. The zero-order chi connectivity index (χ0) is 9.26. The molecule has 1 saturated heterocycles. The molecular weight excluding hydrogens is 166 g/mol. The highest BCUT2D eigenvalue weighted by Gasteiger charge is 2.41. The highest BCUT2D eigenvalue weighted by atomic mass is 16.5. The van der Waals surface area contributed by atoms with Crippen LogP contribution in [-0.2, 0) is 9.53 Å². The van der Waals surface area contributed by atoms with Crippen molar-refractivity contribution in [2.45, 2.75) is 31.7 Å². The number of hydrogen-bond donors (Lipinski definition) is 1. The number of methoxy groups -OCH3 is 1. The van der Waals surface area contributed by atoms with E-state index in [0.717, 1.165) is 6.54 Å². The molecule has 0 bridgehead atoms. The number of nitrogens with one attached hydrogen (secondary N) is 1. The average Bonchev–Trinajstić information content (AvgIpc) is 2.60. The maximum absolute atomic E-state index is 11.4. The lowest BCUT2D eigenvalue weighted by atomic mass is 9.80. The summed E-state index contributed by atoms with van der Waals surface area (Å²) in [5, 5.41) is 3.42. The van der Waals surface area contributed by atoms with E-state index in [9.17, 15) is 4.79 Å². The summed E-state index contributed by atoms with van der Waals surface area (Å²) < 4.78 is 4.80. The van der Waals surface area contributed by atoms with Crippen LogP contribution in [0, 0.1) is 11.8 Å². The first-order valence-electron chi connectivity index (χ1n) is 5.14. The van der Waals surface area contributed by atoms with E-state index >= 15 is 0 Å². The first-order chi connectivity index (χ1) is 6.33. The Kier molecular flexibility index (Phi) is 2.54. The molecule has 3 nitrogen and oxygen atoms in total. The number of carbonyl (C=O) groups excluding carboxylic acids is 1. The zero-order valence-corrected chi connectivity index (χ0v) is 8.08. The van der Waals surface area contributed by atoms with E-state index in [1.807, 2.05) is 0 Å². The van der Waals surface area contributed by atoms with Gasteiger partial charge < -0.3 is 10.1 Å². The van der Waals surface area contributed by atoms with Gasteiger partial charge in [-0.1, -0.05) is 12.8 Å². The van der Waals surface area contributed by atoms with Gasteiger partial charge in [-0.25, -0.2) is 0 Å². The number of ether oxygens (including phenoxy) is 1. The zero-order valence-electron chi connectivity index (χ0n) is 8.08. The van der Waals surface area contributed by atoms with Gasteiger partial charge in [0.2, 0.25) is 0 Å². The molecule has 1 N–H and O–H groups in total. The highest BCUT2D eigenvalue weighted by Crippen LogP contribution is 2.34. The van der Waals surface area contributed by atoms with Crippen molar-refractivity contribution in [2.75, 3.05) is 13.7 Å². The van der Waals surface area contributed by atoms with Gasteiger partial charge in [0.25, 0.3) is 0 Å². The maximum atomic E-state index is 11.4. The largest absolute Gasteiger partial charge is 0.469 e. The van der Waals surface area contributed by atoms with Crippen LogP contribution in [0.1, 0.15) is 25.7 Å². The summed E-state index contributed by atoms with van der Waals surface area (Å²) in [5.41, 5.74) is 0. The van der Waals surface area contributed by atoms with Gasteiger partial charge in [-0.3, -0.25) is 4.79 Å². The van der Waals surface area contributed by atoms with Crippen LogP contribution in [-0.4, -0.2) is 25.7 Å². The van der Waals surface area contributed by atoms with Gasteiger partial charge in [0.15, 0.2) is 0 Å². The number of esters is 1. The Hall–Kier alpha value is -0.570. The average molecular weight is 183 g/mol. The standard InChI is InChI=1S/C10H17NO2/c1-13-10(12)8-6-11-9-5-3-2-4-7(8)9/h7-9,11H,2-6H2,1H3/t7-,8+,9+/m0/s1.